The number of nitrogens with one attached hydrogen (secondary N) is 2. The van der Waals surface area contributed by atoms with Gasteiger partial charge in [-0.1, -0.05) is 19.9 Å². The predicted molar refractivity (Wildman–Crippen MR) is 139 cm³/mol. The summed E-state index contributed by atoms with van der Waals surface area (Å²) < 4.78 is 25.4. The summed E-state index contributed by atoms with van der Waals surface area (Å²) >= 11 is 0. The van der Waals surface area contributed by atoms with Gasteiger partial charge in [0.25, 0.3) is 5.91 Å². The summed E-state index contributed by atoms with van der Waals surface area (Å²) in [5.74, 6) is -0.0174. The maximum Gasteiger partial charge on any atom is 0.323 e. The Bertz CT molecular complexity index is 1050. The van der Waals surface area contributed by atoms with Gasteiger partial charge in [-0.3, -0.25) is 9.69 Å². The van der Waals surface area contributed by atoms with E-state index in [1.807, 2.05) is 0 Å². The van der Waals surface area contributed by atoms with Gasteiger partial charge in [0.2, 0.25) is 0 Å². The fourth-order valence-corrected chi connectivity index (χ4v) is 4.38. The Morgan fingerprint density at radius 2 is 1.86 bits per heavy atom. The van der Waals surface area contributed by atoms with Crippen LogP contribution < -0.4 is 15.4 Å². The highest BCUT2D eigenvalue weighted by Gasteiger charge is 2.28. The molecular weight excluding hydrogens is 463 g/mol. The lowest BCUT2D eigenvalue weighted by atomic mass is 10.0. The lowest BCUT2D eigenvalue weighted by Crippen LogP contribution is -2.46. The molecule has 0 saturated heterocycles. The first-order chi connectivity index (χ1) is 17.2. The van der Waals surface area contributed by atoms with E-state index in [-0.39, 0.29) is 24.0 Å². The molecule has 3 rings (SSSR count). The molecule has 0 radical (unpaired) electrons. The van der Waals surface area contributed by atoms with Crippen LogP contribution in [0.5, 0.6) is 5.75 Å². The summed E-state index contributed by atoms with van der Waals surface area (Å²) in [6.07, 6.45) is 0.903. The summed E-state index contributed by atoms with van der Waals surface area (Å²) in [4.78, 5) is 29.8. The minimum absolute atomic E-state index is 0.109. The van der Waals surface area contributed by atoms with Gasteiger partial charge in [0.05, 0.1) is 11.7 Å². The second kappa shape index (κ2) is 12.7. The molecule has 8 nitrogen and oxygen atoms in total. The van der Waals surface area contributed by atoms with E-state index in [1.165, 1.54) is 18.2 Å². The van der Waals surface area contributed by atoms with Gasteiger partial charge in [0.1, 0.15) is 18.2 Å². The van der Waals surface area contributed by atoms with Crippen molar-refractivity contribution in [3.8, 4) is 5.75 Å². The quantitative estimate of drug-likeness (QED) is 0.623. The first-order valence-corrected chi connectivity index (χ1v) is 12.3. The van der Waals surface area contributed by atoms with Crippen LogP contribution in [0, 0.1) is 11.7 Å². The summed E-state index contributed by atoms with van der Waals surface area (Å²) in [6.45, 7) is 8.99. The van der Waals surface area contributed by atoms with Crippen LogP contribution in [0.1, 0.15) is 37.6 Å². The molecule has 1 heterocycles. The molecule has 0 spiro atoms. The SMILES string of the molecule is CCCN1C[C@H](C)[C@H](OC)CN(C)C(=O)c2ccc(NC(=O)Nc3cccc(F)c3)cc2OC[C@H]1C. The Hall–Kier alpha value is -3.17. The number of carbonyl (C=O) groups is 2. The van der Waals surface area contributed by atoms with E-state index in [1.54, 1.807) is 43.3 Å². The minimum atomic E-state index is -0.531. The molecule has 0 bridgehead atoms. The van der Waals surface area contributed by atoms with E-state index in [0.29, 0.717) is 35.8 Å². The summed E-state index contributed by atoms with van der Waals surface area (Å²) in [6, 6.07) is 10.2. The van der Waals surface area contributed by atoms with Gasteiger partial charge in [-0.05, 0) is 56.1 Å². The molecule has 0 unspecified atom stereocenters. The number of ether oxygens (including phenoxy) is 2. The van der Waals surface area contributed by atoms with Crippen molar-refractivity contribution in [1.82, 2.24) is 9.80 Å². The van der Waals surface area contributed by atoms with E-state index in [2.05, 4.69) is 36.3 Å². The van der Waals surface area contributed by atoms with Gasteiger partial charge >= 0.3 is 6.03 Å². The second-order valence-corrected chi connectivity index (χ2v) is 9.39. The first kappa shape index (κ1) is 27.4. The number of likely N-dealkylation sites (N-methyl/N-ethyl adjacent to an activating group) is 1. The molecule has 1 aliphatic heterocycles. The van der Waals surface area contributed by atoms with E-state index in [4.69, 9.17) is 9.47 Å². The molecule has 1 aliphatic rings. The molecule has 2 aromatic carbocycles. The number of rotatable bonds is 5. The third-order valence-corrected chi connectivity index (χ3v) is 6.43. The largest absolute Gasteiger partial charge is 0.491 e. The number of amides is 3. The van der Waals surface area contributed by atoms with Crippen molar-refractivity contribution in [2.75, 3.05) is 51.0 Å². The Morgan fingerprint density at radius 1 is 1.14 bits per heavy atom. The number of halogens is 1. The molecule has 0 saturated carbocycles. The molecule has 36 heavy (non-hydrogen) atoms. The second-order valence-electron chi connectivity index (χ2n) is 9.39. The lowest BCUT2D eigenvalue weighted by molar-refractivity contribution is 0.0108. The average molecular weight is 501 g/mol. The predicted octanol–water partition coefficient (Wildman–Crippen LogP) is 4.69. The maximum atomic E-state index is 13.4. The molecule has 0 fully saturated rings. The van der Waals surface area contributed by atoms with E-state index in [0.717, 1.165) is 19.5 Å². The number of urea groups is 1. The Kier molecular flexibility index (Phi) is 9.66. The van der Waals surface area contributed by atoms with Gasteiger partial charge in [-0.25, -0.2) is 9.18 Å². The Labute approximate surface area is 212 Å². The van der Waals surface area contributed by atoms with Gasteiger partial charge in [0.15, 0.2) is 0 Å². The van der Waals surface area contributed by atoms with Crippen molar-refractivity contribution in [3.63, 3.8) is 0 Å². The van der Waals surface area contributed by atoms with Crippen LogP contribution in [-0.4, -0.2) is 74.3 Å². The zero-order chi connectivity index (χ0) is 26.2. The zero-order valence-electron chi connectivity index (χ0n) is 21.7. The van der Waals surface area contributed by atoms with E-state index >= 15 is 0 Å². The van der Waals surface area contributed by atoms with Crippen molar-refractivity contribution in [2.24, 2.45) is 5.92 Å². The van der Waals surface area contributed by atoms with Crippen molar-refractivity contribution >= 4 is 23.3 Å². The molecule has 3 atom stereocenters. The highest BCUT2D eigenvalue weighted by molar-refractivity contribution is 6.01. The number of nitrogens with zero attached hydrogens (tertiary/aromatic N) is 2. The normalized spacial score (nSPS) is 21.6. The topological polar surface area (TPSA) is 83.1 Å². The number of carbonyl (C=O) groups excluding carboxylic acids is 2. The van der Waals surface area contributed by atoms with E-state index in [9.17, 15) is 14.0 Å². The molecule has 196 valence electrons. The van der Waals surface area contributed by atoms with Gasteiger partial charge in [-0.15, -0.1) is 0 Å². The molecular formula is C27H37FN4O4. The van der Waals surface area contributed by atoms with Crippen LogP contribution >= 0.6 is 0 Å². The third-order valence-electron chi connectivity index (χ3n) is 6.43. The van der Waals surface area contributed by atoms with Gasteiger partial charge < -0.3 is 25.0 Å². The molecule has 2 aromatic rings. The number of fused-ring (bicyclic) bond motifs is 1. The summed E-state index contributed by atoms with van der Waals surface area (Å²) in [5.41, 5.74) is 1.19. The number of hydrogen-bond acceptors (Lipinski definition) is 5. The Morgan fingerprint density at radius 3 is 2.53 bits per heavy atom. The monoisotopic (exact) mass is 500 g/mol. The van der Waals surface area contributed by atoms with Crippen molar-refractivity contribution in [2.45, 2.75) is 39.3 Å². The van der Waals surface area contributed by atoms with Gasteiger partial charge in [-0.2, -0.15) is 0 Å². The summed E-state index contributed by atoms with van der Waals surface area (Å²) in [5, 5.41) is 5.33. The number of benzene rings is 2. The van der Waals surface area contributed by atoms with Crippen molar-refractivity contribution in [3.05, 3.63) is 53.8 Å². The molecule has 3 amide bonds. The first-order valence-electron chi connectivity index (χ1n) is 12.3. The van der Waals surface area contributed by atoms with Crippen LogP contribution in [0.2, 0.25) is 0 Å². The Balaban J connectivity index is 1.85. The lowest BCUT2D eigenvalue weighted by Gasteiger charge is -2.35. The highest BCUT2D eigenvalue weighted by Crippen LogP contribution is 2.27. The van der Waals surface area contributed by atoms with Crippen LogP contribution in [0.25, 0.3) is 0 Å². The molecule has 0 aromatic heterocycles. The van der Waals surface area contributed by atoms with Crippen LogP contribution in [0.4, 0.5) is 20.6 Å². The maximum absolute atomic E-state index is 13.4. The minimum Gasteiger partial charge on any atom is -0.491 e. The highest BCUT2D eigenvalue weighted by atomic mass is 19.1. The van der Waals surface area contributed by atoms with Crippen LogP contribution in [-0.2, 0) is 4.74 Å². The van der Waals surface area contributed by atoms with Gasteiger partial charge in [0, 0.05) is 50.7 Å². The fourth-order valence-electron chi connectivity index (χ4n) is 4.38. The third kappa shape index (κ3) is 7.18. The number of methoxy groups -OCH3 is 1. The fraction of sp³-hybridized carbons (Fsp3) is 0.481. The smallest absolute Gasteiger partial charge is 0.323 e. The average Bonchev–Trinajstić information content (AvgIpc) is 2.84. The van der Waals surface area contributed by atoms with Crippen LogP contribution in [0.15, 0.2) is 42.5 Å². The molecule has 0 aliphatic carbocycles. The van der Waals surface area contributed by atoms with Crippen molar-refractivity contribution in [1.29, 1.82) is 0 Å². The number of anilines is 2. The molecule has 9 heteroatoms. The summed E-state index contributed by atoms with van der Waals surface area (Å²) in [7, 11) is 3.43. The number of hydrogen-bond donors (Lipinski definition) is 2. The molecule has 2 N–H and O–H groups in total. The zero-order valence-corrected chi connectivity index (χ0v) is 21.7. The van der Waals surface area contributed by atoms with Crippen LogP contribution in [0.3, 0.4) is 0 Å². The standard InChI is InChI=1S/C27H37FN4O4/c1-6-12-32-15-18(2)25(35-5)16-31(4)26(33)23-11-10-22(14-24(23)36-17-19(32)3)30-27(34)29-21-9-7-8-20(28)13-21/h7-11,13-14,18-19,25H,6,12,15-17H2,1-5H3,(H2,29,30,34)/t18-,19+,25+/m0/s1. The van der Waals surface area contributed by atoms with Crippen molar-refractivity contribution < 1.29 is 23.5 Å². The van der Waals surface area contributed by atoms with E-state index < -0.39 is 11.8 Å².